The Morgan fingerprint density at radius 1 is 1.21 bits per heavy atom. The molecule has 1 fully saturated rings. The molecular formula is C18H24N2O4. The fourth-order valence-electron chi connectivity index (χ4n) is 2.60. The molecule has 24 heavy (non-hydrogen) atoms. The normalized spacial score (nSPS) is 17.5. The summed E-state index contributed by atoms with van der Waals surface area (Å²) in [7, 11) is 0. The maximum absolute atomic E-state index is 12.3. The van der Waals surface area contributed by atoms with E-state index in [0.29, 0.717) is 19.4 Å². The number of likely N-dealkylation sites (tertiary alicyclic amines) is 1. The first kappa shape index (κ1) is 18.0. The minimum absolute atomic E-state index is 0.159. The van der Waals surface area contributed by atoms with Gasteiger partial charge in [0.05, 0.1) is 0 Å². The Balaban J connectivity index is 1.95. The number of amides is 2. The third-order valence-electron chi connectivity index (χ3n) is 3.69. The van der Waals surface area contributed by atoms with Crippen molar-refractivity contribution in [2.24, 2.45) is 0 Å². The summed E-state index contributed by atoms with van der Waals surface area (Å²) >= 11 is 0. The van der Waals surface area contributed by atoms with E-state index in [1.165, 1.54) is 4.90 Å². The lowest BCUT2D eigenvalue weighted by molar-refractivity contribution is -0.157. The lowest BCUT2D eigenvalue weighted by atomic mass is 10.1. The van der Waals surface area contributed by atoms with Crippen molar-refractivity contribution < 1.29 is 19.1 Å². The molecule has 1 aromatic carbocycles. The number of carbonyl (C=O) groups excluding carboxylic acids is 3. The van der Waals surface area contributed by atoms with Gasteiger partial charge in [-0.05, 0) is 39.2 Å². The van der Waals surface area contributed by atoms with Crippen LogP contribution in [0.3, 0.4) is 0 Å². The van der Waals surface area contributed by atoms with E-state index in [-0.39, 0.29) is 6.61 Å². The quantitative estimate of drug-likeness (QED) is 0.674. The highest BCUT2D eigenvalue weighted by Crippen LogP contribution is 2.19. The van der Waals surface area contributed by atoms with Crippen molar-refractivity contribution in [2.45, 2.75) is 51.8 Å². The Morgan fingerprint density at radius 3 is 2.50 bits per heavy atom. The molecule has 6 nitrogen and oxygen atoms in total. The van der Waals surface area contributed by atoms with Crippen LogP contribution < -0.4 is 5.32 Å². The number of rotatable bonds is 3. The molecule has 0 aromatic heterocycles. The second-order valence-corrected chi connectivity index (χ2v) is 6.95. The van der Waals surface area contributed by atoms with Gasteiger partial charge in [-0.25, -0.2) is 4.79 Å². The second-order valence-electron chi connectivity index (χ2n) is 6.95. The van der Waals surface area contributed by atoms with E-state index in [4.69, 9.17) is 4.74 Å². The van der Waals surface area contributed by atoms with Crippen LogP contribution in [0.15, 0.2) is 30.3 Å². The van der Waals surface area contributed by atoms with Crippen molar-refractivity contribution >= 4 is 17.8 Å². The number of benzene rings is 1. The van der Waals surface area contributed by atoms with Crippen LogP contribution in [0.2, 0.25) is 0 Å². The summed E-state index contributed by atoms with van der Waals surface area (Å²) < 4.78 is 5.31. The van der Waals surface area contributed by atoms with E-state index in [9.17, 15) is 14.4 Å². The topological polar surface area (TPSA) is 75.7 Å². The van der Waals surface area contributed by atoms with E-state index in [0.717, 1.165) is 5.56 Å². The molecule has 0 spiro atoms. The number of ether oxygens (including phenoxy) is 1. The summed E-state index contributed by atoms with van der Waals surface area (Å²) in [4.78, 5) is 38.0. The maximum Gasteiger partial charge on any atom is 0.329 e. The van der Waals surface area contributed by atoms with Crippen molar-refractivity contribution in [1.82, 2.24) is 10.2 Å². The summed E-state index contributed by atoms with van der Waals surface area (Å²) in [6.07, 6.45) is 1.20. The molecule has 130 valence electrons. The maximum atomic E-state index is 12.3. The van der Waals surface area contributed by atoms with Crippen molar-refractivity contribution in [2.75, 3.05) is 6.54 Å². The molecule has 0 radical (unpaired) electrons. The molecule has 0 saturated carbocycles. The van der Waals surface area contributed by atoms with Crippen LogP contribution in [0.1, 0.15) is 39.2 Å². The van der Waals surface area contributed by atoms with Crippen molar-refractivity contribution in [3.05, 3.63) is 35.9 Å². The van der Waals surface area contributed by atoms with Gasteiger partial charge in [0.1, 0.15) is 12.6 Å². The van der Waals surface area contributed by atoms with Crippen molar-refractivity contribution in [1.29, 1.82) is 0 Å². The highest BCUT2D eigenvalue weighted by Gasteiger charge is 2.38. The predicted molar refractivity (Wildman–Crippen MR) is 88.9 cm³/mol. The molecule has 0 bridgehead atoms. The molecule has 1 unspecified atom stereocenters. The van der Waals surface area contributed by atoms with Gasteiger partial charge in [0.2, 0.25) is 0 Å². The Labute approximate surface area is 142 Å². The predicted octanol–water partition coefficient (Wildman–Crippen LogP) is 1.64. The van der Waals surface area contributed by atoms with Gasteiger partial charge in [-0.2, -0.15) is 0 Å². The minimum atomic E-state index is -0.690. The number of carbonyl (C=O) groups is 3. The third kappa shape index (κ3) is 4.81. The van der Waals surface area contributed by atoms with Crippen LogP contribution in [0.25, 0.3) is 0 Å². The summed E-state index contributed by atoms with van der Waals surface area (Å²) in [5.41, 5.74) is 0.377. The van der Waals surface area contributed by atoms with Gasteiger partial charge in [-0.1, -0.05) is 30.3 Å². The fraction of sp³-hybridized carbons (Fsp3) is 0.500. The third-order valence-corrected chi connectivity index (χ3v) is 3.69. The minimum Gasteiger partial charge on any atom is -0.459 e. The molecule has 1 N–H and O–H groups in total. The summed E-state index contributed by atoms with van der Waals surface area (Å²) in [5, 5.41) is 2.63. The van der Waals surface area contributed by atoms with Crippen LogP contribution in [0, 0.1) is 0 Å². The first-order chi connectivity index (χ1) is 11.3. The van der Waals surface area contributed by atoms with E-state index < -0.39 is 29.4 Å². The van der Waals surface area contributed by atoms with Crippen LogP contribution in [-0.2, 0) is 25.7 Å². The zero-order valence-electron chi connectivity index (χ0n) is 14.4. The van der Waals surface area contributed by atoms with E-state index in [2.05, 4.69) is 5.32 Å². The largest absolute Gasteiger partial charge is 0.459 e. The zero-order valence-corrected chi connectivity index (χ0v) is 14.4. The smallest absolute Gasteiger partial charge is 0.329 e. The SMILES string of the molecule is CC(C)(C)NC(=O)C(=O)N1CCCC1C(=O)OCc1ccccc1. The number of nitrogens with zero attached hydrogens (tertiary/aromatic N) is 1. The molecule has 2 rings (SSSR count). The number of nitrogens with one attached hydrogen (secondary N) is 1. The van der Waals surface area contributed by atoms with Crippen molar-refractivity contribution in [3.8, 4) is 0 Å². The molecule has 1 atom stereocenters. The van der Waals surface area contributed by atoms with Crippen LogP contribution in [0.4, 0.5) is 0 Å². The molecule has 0 aliphatic carbocycles. The van der Waals surface area contributed by atoms with Gasteiger partial charge in [-0.3, -0.25) is 9.59 Å². The molecule has 1 aliphatic heterocycles. The molecular weight excluding hydrogens is 308 g/mol. The van der Waals surface area contributed by atoms with Gasteiger partial charge in [0.15, 0.2) is 0 Å². The summed E-state index contributed by atoms with van der Waals surface area (Å²) in [6.45, 7) is 5.95. The highest BCUT2D eigenvalue weighted by atomic mass is 16.5. The molecule has 1 saturated heterocycles. The highest BCUT2D eigenvalue weighted by molar-refractivity contribution is 6.35. The van der Waals surface area contributed by atoms with E-state index >= 15 is 0 Å². The second kappa shape index (κ2) is 7.47. The summed E-state index contributed by atoms with van der Waals surface area (Å²) in [6, 6.07) is 8.66. The lowest BCUT2D eigenvalue weighted by Crippen LogP contribution is -2.52. The Bertz CT molecular complexity index is 607. The number of hydrogen-bond acceptors (Lipinski definition) is 4. The van der Waals surface area contributed by atoms with E-state index in [1.807, 2.05) is 30.3 Å². The number of esters is 1. The van der Waals surface area contributed by atoms with E-state index in [1.54, 1.807) is 20.8 Å². The first-order valence-electron chi connectivity index (χ1n) is 8.11. The standard InChI is InChI=1S/C18H24N2O4/c1-18(2,3)19-15(21)16(22)20-11-7-10-14(20)17(23)24-12-13-8-5-4-6-9-13/h4-6,8-9,14H,7,10-12H2,1-3H3,(H,19,21). The fourth-order valence-corrected chi connectivity index (χ4v) is 2.60. The van der Waals surface area contributed by atoms with Gasteiger partial charge >= 0.3 is 17.8 Å². The average molecular weight is 332 g/mol. The molecule has 2 amide bonds. The Hall–Kier alpha value is -2.37. The van der Waals surface area contributed by atoms with Gasteiger partial charge < -0.3 is 15.0 Å². The lowest BCUT2D eigenvalue weighted by Gasteiger charge is -2.25. The molecule has 1 heterocycles. The summed E-state index contributed by atoms with van der Waals surface area (Å²) in [5.74, 6) is -1.83. The molecule has 1 aromatic rings. The first-order valence-corrected chi connectivity index (χ1v) is 8.11. The Kier molecular flexibility index (Phi) is 5.59. The van der Waals surface area contributed by atoms with Crippen LogP contribution >= 0.6 is 0 Å². The average Bonchev–Trinajstić information content (AvgIpc) is 3.00. The monoisotopic (exact) mass is 332 g/mol. The molecule has 1 aliphatic rings. The van der Waals surface area contributed by atoms with Crippen LogP contribution in [0.5, 0.6) is 0 Å². The van der Waals surface area contributed by atoms with Crippen molar-refractivity contribution in [3.63, 3.8) is 0 Å². The van der Waals surface area contributed by atoms with Crippen LogP contribution in [-0.4, -0.2) is 40.8 Å². The Morgan fingerprint density at radius 2 is 1.88 bits per heavy atom. The molecule has 6 heteroatoms. The number of hydrogen-bond donors (Lipinski definition) is 1. The van der Waals surface area contributed by atoms with Gasteiger partial charge in [-0.15, -0.1) is 0 Å². The zero-order chi connectivity index (χ0) is 17.7. The van der Waals surface area contributed by atoms with Gasteiger partial charge in [0.25, 0.3) is 0 Å². The van der Waals surface area contributed by atoms with Gasteiger partial charge in [0, 0.05) is 12.1 Å².